The van der Waals surface area contributed by atoms with E-state index in [0.29, 0.717) is 0 Å². The van der Waals surface area contributed by atoms with Crippen LogP contribution in [0.15, 0.2) is 300 Å². The maximum Gasteiger partial charge on any atom is 0.143 e. The fourth-order valence-corrected chi connectivity index (χ4v) is 12.4. The van der Waals surface area contributed by atoms with Crippen molar-refractivity contribution in [3.8, 4) is 44.5 Å². The molecule has 0 atom stereocenters. The van der Waals surface area contributed by atoms with Gasteiger partial charge in [0.1, 0.15) is 22.3 Å². The Kier molecular flexibility index (Phi) is 10.5. The molecule has 0 aliphatic carbocycles. The van der Waals surface area contributed by atoms with Crippen LogP contribution in [0.2, 0.25) is 0 Å². The van der Waals surface area contributed by atoms with E-state index in [2.05, 4.69) is 277 Å². The minimum absolute atomic E-state index is 0.904. The highest BCUT2D eigenvalue weighted by Crippen LogP contribution is 2.45. The summed E-state index contributed by atoms with van der Waals surface area (Å²) in [5.74, 6) is 0. The Hall–Kier alpha value is -10.7. The van der Waals surface area contributed by atoms with E-state index >= 15 is 0 Å². The predicted octanol–water partition coefficient (Wildman–Crippen LogP) is 22.0. The van der Waals surface area contributed by atoms with Gasteiger partial charge in [-0.3, -0.25) is 0 Å². The third-order valence-corrected chi connectivity index (χ3v) is 16.2. The summed E-state index contributed by atoms with van der Waals surface area (Å²) in [5, 5.41) is 12.1. The fourth-order valence-electron chi connectivity index (χ4n) is 12.4. The summed E-state index contributed by atoms with van der Waals surface area (Å²) in [6.07, 6.45) is 0. The first-order valence-electron chi connectivity index (χ1n) is 27.3. The Labute approximate surface area is 462 Å². The van der Waals surface area contributed by atoms with Crippen molar-refractivity contribution in [1.82, 2.24) is 0 Å². The maximum atomic E-state index is 6.42. The van der Waals surface area contributed by atoms with Crippen LogP contribution in [0.25, 0.3) is 121 Å². The molecule has 16 aromatic rings. The van der Waals surface area contributed by atoms with Crippen molar-refractivity contribution < 1.29 is 8.83 Å². The number of para-hydroxylation sites is 6. The van der Waals surface area contributed by atoms with E-state index in [0.717, 1.165) is 100 Å². The number of rotatable bonds is 10. The molecule has 0 aliphatic heterocycles. The first kappa shape index (κ1) is 45.5. The average molecular weight is 1020 g/mol. The highest BCUT2D eigenvalue weighted by molar-refractivity contribution is 6.26. The smallest absolute Gasteiger partial charge is 0.143 e. The van der Waals surface area contributed by atoms with Crippen molar-refractivity contribution in [2.24, 2.45) is 0 Å². The number of hydrogen-bond donors (Lipinski definition) is 0. The lowest BCUT2D eigenvalue weighted by atomic mass is 9.88. The van der Waals surface area contributed by atoms with E-state index < -0.39 is 0 Å². The number of anilines is 6. The minimum Gasteiger partial charge on any atom is -0.455 e. The lowest BCUT2D eigenvalue weighted by Crippen LogP contribution is -2.09. The van der Waals surface area contributed by atoms with Gasteiger partial charge in [0, 0.05) is 66.8 Å². The second-order valence-electron chi connectivity index (χ2n) is 20.8. The van der Waals surface area contributed by atoms with Gasteiger partial charge < -0.3 is 18.6 Å². The summed E-state index contributed by atoms with van der Waals surface area (Å²) in [6.45, 7) is 0. The summed E-state index contributed by atoms with van der Waals surface area (Å²) in [5.41, 5.74) is 19.3. The molecule has 80 heavy (non-hydrogen) atoms. The molecule has 0 fully saturated rings. The van der Waals surface area contributed by atoms with Crippen molar-refractivity contribution in [3.05, 3.63) is 291 Å². The van der Waals surface area contributed by atoms with Gasteiger partial charge in [-0.1, -0.05) is 194 Å². The second-order valence-corrected chi connectivity index (χ2v) is 20.8. The second kappa shape index (κ2) is 18.5. The zero-order valence-corrected chi connectivity index (χ0v) is 43.4. The number of furan rings is 2. The van der Waals surface area contributed by atoms with Crippen LogP contribution in [-0.4, -0.2) is 0 Å². The number of fused-ring (bicyclic) bond motifs is 6. The summed E-state index contributed by atoms with van der Waals surface area (Å²) >= 11 is 0. The molecular weight excluding hydrogens is 973 g/mol. The van der Waals surface area contributed by atoms with Crippen LogP contribution >= 0.6 is 0 Å². The third-order valence-electron chi connectivity index (χ3n) is 16.2. The standard InChI is InChI=1S/C76H48N2O2/c1-3-13-57(14-4-1)77(61-41-31-51(32-42-61)64-19-11-21-69-66-17-7-9-23-71(66)79-75(64)69)59-37-27-49(28-38-59)56-47-54-26-25-53-35-45-63(68-46-36-55(48-56)73(54)74(53)68)50-29-39-60(40-30-50)78(58-15-5-2-6-16-58)62-43-33-52(34-44-62)65-20-12-22-70-67-18-8-10-24-72(67)80-76(65)70/h1-48H. The number of benzene rings is 14. The Bertz CT molecular complexity index is 4950. The van der Waals surface area contributed by atoms with Gasteiger partial charge in [-0.2, -0.15) is 0 Å². The molecular formula is C76H48N2O2. The van der Waals surface area contributed by atoms with Crippen LogP contribution in [0, 0.1) is 0 Å². The van der Waals surface area contributed by atoms with Crippen LogP contribution in [0.4, 0.5) is 34.1 Å². The lowest BCUT2D eigenvalue weighted by Gasteiger charge is -2.26. The largest absolute Gasteiger partial charge is 0.455 e. The molecule has 4 nitrogen and oxygen atoms in total. The Balaban J connectivity index is 0.702. The molecule has 2 heterocycles. The molecule has 2 aromatic heterocycles. The molecule has 0 spiro atoms. The normalized spacial score (nSPS) is 11.8. The Morgan fingerprint density at radius 2 is 0.588 bits per heavy atom. The molecule has 0 amide bonds. The minimum atomic E-state index is 0.904. The van der Waals surface area contributed by atoms with Gasteiger partial charge in [-0.25, -0.2) is 0 Å². The van der Waals surface area contributed by atoms with Crippen molar-refractivity contribution in [3.63, 3.8) is 0 Å². The quantitative estimate of drug-likeness (QED) is 0.128. The van der Waals surface area contributed by atoms with Crippen LogP contribution < -0.4 is 9.80 Å². The van der Waals surface area contributed by atoms with Crippen LogP contribution in [0.3, 0.4) is 0 Å². The zero-order valence-electron chi connectivity index (χ0n) is 43.4. The van der Waals surface area contributed by atoms with Gasteiger partial charge >= 0.3 is 0 Å². The predicted molar refractivity (Wildman–Crippen MR) is 336 cm³/mol. The van der Waals surface area contributed by atoms with E-state index in [1.807, 2.05) is 24.3 Å². The van der Waals surface area contributed by atoms with E-state index in [1.54, 1.807) is 0 Å². The molecule has 0 saturated heterocycles. The average Bonchev–Trinajstić information content (AvgIpc) is 4.16. The lowest BCUT2D eigenvalue weighted by molar-refractivity contribution is 0.669. The Morgan fingerprint density at radius 3 is 1.07 bits per heavy atom. The molecule has 0 bridgehead atoms. The summed E-state index contributed by atoms with van der Waals surface area (Å²) in [4.78, 5) is 4.65. The topological polar surface area (TPSA) is 32.8 Å². The van der Waals surface area contributed by atoms with Gasteiger partial charge in [-0.15, -0.1) is 0 Å². The van der Waals surface area contributed by atoms with Gasteiger partial charge in [-0.05, 0) is 163 Å². The van der Waals surface area contributed by atoms with Gasteiger partial charge in [0.25, 0.3) is 0 Å². The van der Waals surface area contributed by atoms with Gasteiger partial charge in [0.15, 0.2) is 0 Å². The molecule has 16 rings (SSSR count). The summed E-state index contributed by atoms with van der Waals surface area (Å²) < 4.78 is 12.8. The molecule has 0 radical (unpaired) electrons. The van der Waals surface area contributed by atoms with Crippen LogP contribution in [0.1, 0.15) is 0 Å². The van der Waals surface area contributed by atoms with E-state index in [-0.39, 0.29) is 0 Å². The van der Waals surface area contributed by atoms with Crippen molar-refractivity contribution in [2.75, 3.05) is 9.80 Å². The van der Waals surface area contributed by atoms with Gasteiger partial charge in [0.05, 0.1) is 0 Å². The highest BCUT2D eigenvalue weighted by atomic mass is 16.3. The van der Waals surface area contributed by atoms with E-state index in [1.165, 1.54) is 54.6 Å². The summed E-state index contributed by atoms with van der Waals surface area (Å²) in [7, 11) is 0. The fraction of sp³-hybridized carbons (Fsp3) is 0. The summed E-state index contributed by atoms with van der Waals surface area (Å²) in [6, 6.07) is 105. The van der Waals surface area contributed by atoms with E-state index in [4.69, 9.17) is 8.83 Å². The molecule has 374 valence electrons. The molecule has 4 heteroatoms. The van der Waals surface area contributed by atoms with Crippen molar-refractivity contribution >= 4 is 110 Å². The van der Waals surface area contributed by atoms with Gasteiger partial charge in [0.2, 0.25) is 0 Å². The first-order chi connectivity index (χ1) is 39.6. The van der Waals surface area contributed by atoms with Crippen LogP contribution in [-0.2, 0) is 0 Å². The SMILES string of the molecule is c1ccc(N(c2ccc(-c3cc4ccc5ccc(-c6ccc(N(c7ccccc7)c7ccc(-c8cccc9c8oc8ccccc89)cc7)cc6)c6ccc(c3)c4c56)cc2)c2ccc(-c3cccc4c3oc3ccccc34)cc2)cc1. The molecule has 0 aliphatic rings. The molecule has 0 saturated carbocycles. The third kappa shape index (κ3) is 7.53. The number of nitrogens with zero attached hydrogens (tertiary/aromatic N) is 2. The zero-order chi connectivity index (χ0) is 52.7. The molecule has 14 aromatic carbocycles. The first-order valence-corrected chi connectivity index (χ1v) is 27.3. The molecule has 0 N–H and O–H groups in total. The van der Waals surface area contributed by atoms with E-state index in [9.17, 15) is 0 Å². The number of hydrogen-bond acceptors (Lipinski definition) is 4. The van der Waals surface area contributed by atoms with Crippen LogP contribution in [0.5, 0.6) is 0 Å². The highest BCUT2D eigenvalue weighted by Gasteiger charge is 2.20. The monoisotopic (exact) mass is 1020 g/mol. The van der Waals surface area contributed by atoms with Crippen molar-refractivity contribution in [2.45, 2.75) is 0 Å². The molecule has 0 unspecified atom stereocenters. The van der Waals surface area contributed by atoms with Crippen molar-refractivity contribution in [1.29, 1.82) is 0 Å². The Morgan fingerprint density at radius 1 is 0.212 bits per heavy atom. The maximum absolute atomic E-state index is 6.42.